The van der Waals surface area contributed by atoms with Crippen molar-refractivity contribution in [2.45, 2.75) is 12.8 Å². The number of H-pyrrole nitrogens is 1. The predicted octanol–water partition coefficient (Wildman–Crippen LogP) is 3.26. The third kappa shape index (κ3) is 2.68. The van der Waals surface area contributed by atoms with Gasteiger partial charge in [0.25, 0.3) is 0 Å². The van der Waals surface area contributed by atoms with Gasteiger partial charge in [-0.25, -0.2) is 0 Å². The first-order chi connectivity index (χ1) is 10.7. The minimum atomic E-state index is -0.286. The zero-order valence-electron chi connectivity index (χ0n) is 12.4. The summed E-state index contributed by atoms with van der Waals surface area (Å²) >= 11 is 0. The van der Waals surface area contributed by atoms with Crippen LogP contribution in [0.25, 0.3) is 22.2 Å². The van der Waals surface area contributed by atoms with Gasteiger partial charge in [-0.15, -0.1) is 0 Å². The van der Waals surface area contributed by atoms with Crippen LogP contribution in [0.3, 0.4) is 0 Å². The lowest BCUT2D eigenvalue weighted by atomic mass is 10.0. The first-order valence-corrected chi connectivity index (χ1v) is 7.21. The number of hydrogen-bond donors (Lipinski definition) is 2. The molecule has 1 aromatic heterocycles. The maximum atomic E-state index is 11.2. The number of fused-ring (bicyclic) bond motifs is 1. The van der Waals surface area contributed by atoms with Crippen LogP contribution >= 0.6 is 0 Å². The minimum absolute atomic E-state index is 0.286. The van der Waals surface area contributed by atoms with Gasteiger partial charge in [0, 0.05) is 23.0 Å². The van der Waals surface area contributed by atoms with Crippen molar-refractivity contribution in [2.75, 3.05) is 7.11 Å². The normalized spacial score (nSPS) is 10.8. The maximum absolute atomic E-state index is 11.2. The highest BCUT2D eigenvalue weighted by molar-refractivity contribution is 5.91. The van der Waals surface area contributed by atoms with Crippen molar-refractivity contribution in [3.8, 4) is 17.0 Å². The molecule has 3 aromatic rings. The Balaban J connectivity index is 2.09. The number of aromatic nitrogens is 1. The van der Waals surface area contributed by atoms with Crippen molar-refractivity contribution in [1.29, 1.82) is 0 Å². The van der Waals surface area contributed by atoms with Crippen LogP contribution in [0.4, 0.5) is 0 Å². The standard InChI is InChI=1S/C18H18N2O2/c1-22-13-8-6-12(7-9-13)18-15(10-11-17(19)21)14-4-2-3-5-16(14)20-18/h2-9,20H,10-11H2,1H3,(H2,19,21). The zero-order chi connectivity index (χ0) is 15.5. The van der Waals surface area contributed by atoms with Crippen molar-refractivity contribution < 1.29 is 9.53 Å². The second-order valence-corrected chi connectivity index (χ2v) is 5.22. The minimum Gasteiger partial charge on any atom is -0.497 e. The van der Waals surface area contributed by atoms with E-state index in [1.54, 1.807) is 7.11 Å². The number of methoxy groups -OCH3 is 1. The predicted molar refractivity (Wildman–Crippen MR) is 87.8 cm³/mol. The van der Waals surface area contributed by atoms with Gasteiger partial charge in [0.05, 0.1) is 7.11 Å². The van der Waals surface area contributed by atoms with Crippen LogP contribution in [0, 0.1) is 0 Å². The summed E-state index contributed by atoms with van der Waals surface area (Å²) in [7, 11) is 1.65. The Morgan fingerprint density at radius 1 is 1.14 bits per heavy atom. The average molecular weight is 294 g/mol. The second kappa shape index (κ2) is 5.93. The number of nitrogens with two attached hydrogens (primary N) is 1. The number of carbonyl (C=O) groups is 1. The van der Waals surface area contributed by atoms with Gasteiger partial charge in [0.1, 0.15) is 5.75 Å². The van der Waals surface area contributed by atoms with E-state index >= 15 is 0 Å². The molecule has 112 valence electrons. The Morgan fingerprint density at radius 3 is 2.55 bits per heavy atom. The summed E-state index contributed by atoms with van der Waals surface area (Å²) in [6.07, 6.45) is 0.964. The van der Waals surface area contributed by atoms with Crippen molar-refractivity contribution in [2.24, 2.45) is 5.73 Å². The molecule has 0 aliphatic heterocycles. The number of benzene rings is 2. The lowest BCUT2D eigenvalue weighted by molar-refractivity contribution is -0.117. The monoisotopic (exact) mass is 294 g/mol. The molecule has 3 N–H and O–H groups in total. The molecule has 0 spiro atoms. The quantitative estimate of drug-likeness (QED) is 0.758. The van der Waals surface area contributed by atoms with E-state index in [4.69, 9.17) is 10.5 Å². The molecular weight excluding hydrogens is 276 g/mol. The molecule has 0 radical (unpaired) electrons. The second-order valence-electron chi connectivity index (χ2n) is 5.22. The van der Waals surface area contributed by atoms with Gasteiger partial charge in [-0.3, -0.25) is 4.79 Å². The Labute approximate surface area is 128 Å². The largest absolute Gasteiger partial charge is 0.497 e. The number of aromatic amines is 1. The number of rotatable bonds is 5. The number of nitrogens with one attached hydrogen (secondary N) is 1. The Morgan fingerprint density at radius 2 is 1.86 bits per heavy atom. The lowest BCUT2D eigenvalue weighted by Crippen LogP contribution is -2.11. The van der Waals surface area contributed by atoms with Crippen LogP contribution < -0.4 is 10.5 Å². The SMILES string of the molecule is COc1ccc(-c2[nH]c3ccccc3c2CCC(N)=O)cc1. The molecule has 0 saturated heterocycles. The smallest absolute Gasteiger partial charge is 0.217 e. The third-order valence-electron chi connectivity index (χ3n) is 3.81. The highest BCUT2D eigenvalue weighted by Crippen LogP contribution is 2.32. The molecule has 22 heavy (non-hydrogen) atoms. The van der Waals surface area contributed by atoms with Crippen LogP contribution in [-0.2, 0) is 11.2 Å². The summed E-state index contributed by atoms with van der Waals surface area (Å²) in [4.78, 5) is 14.6. The van der Waals surface area contributed by atoms with Crippen molar-refractivity contribution in [3.05, 3.63) is 54.1 Å². The molecule has 4 heteroatoms. The Bertz CT molecular complexity index is 804. The first kappa shape index (κ1) is 14.2. The van der Waals surface area contributed by atoms with Gasteiger partial charge in [-0.1, -0.05) is 18.2 Å². The van der Waals surface area contributed by atoms with E-state index in [-0.39, 0.29) is 5.91 Å². The number of carbonyl (C=O) groups excluding carboxylic acids is 1. The number of aryl methyl sites for hydroxylation is 1. The molecule has 1 heterocycles. The summed E-state index contributed by atoms with van der Waals surface area (Å²) in [5, 5.41) is 1.13. The molecule has 3 rings (SSSR count). The van der Waals surface area contributed by atoms with Crippen LogP contribution in [0.5, 0.6) is 5.75 Å². The third-order valence-corrected chi connectivity index (χ3v) is 3.81. The van der Waals surface area contributed by atoms with E-state index < -0.39 is 0 Å². The molecule has 0 saturated carbocycles. The highest BCUT2D eigenvalue weighted by atomic mass is 16.5. The topological polar surface area (TPSA) is 68.1 Å². The van der Waals surface area contributed by atoms with Gasteiger partial charge < -0.3 is 15.5 Å². The molecule has 2 aromatic carbocycles. The van der Waals surface area contributed by atoms with Gasteiger partial charge in [0.2, 0.25) is 5.91 Å². The van der Waals surface area contributed by atoms with Crippen molar-refractivity contribution >= 4 is 16.8 Å². The molecular formula is C18H18N2O2. The van der Waals surface area contributed by atoms with Crippen LogP contribution in [0.2, 0.25) is 0 Å². The number of ether oxygens (including phenoxy) is 1. The summed E-state index contributed by atoms with van der Waals surface area (Å²) in [5.41, 5.74) is 9.60. The van der Waals surface area contributed by atoms with E-state index in [1.165, 1.54) is 0 Å². The van der Waals surface area contributed by atoms with Gasteiger partial charge in [0.15, 0.2) is 0 Å². The summed E-state index contributed by atoms with van der Waals surface area (Å²) in [6, 6.07) is 16.0. The van der Waals surface area contributed by atoms with Gasteiger partial charge >= 0.3 is 0 Å². The van der Waals surface area contributed by atoms with Crippen LogP contribution in [-0.4, -0.2) is 18.0 Å². The fraction of sp³-hybridized carbons (Fsp3) is 0.167. The maximum Gasteiger partial charge on any atom is 0.217 e. The fourth-order valence-corrected chi connectivity index (χ4v) is 2.71. The molecule has 1 amide bonds. The van der Waals surface area contributed by atoms with E-state index in [0.717, 1.165) is 33.5 Å². The number of amides is 1. The van der Waals surface area contributed by atoms with E-state index in [1.807, 2.05) is 42.5 Å². The molecule has 0 bridgehead atoms. The fourth-order valence-electron chi connectivity index (χ4n) is 2.71. The van der Waals surface area contributed by atoms with E-state index in [9.17, 15) is 4.79 Å². The highest BCUT2D eigenvalue weighted by Gasteiger charge is 2.13. The Hall–Kier alpha value is -2.75. The van der Waals surface area contributed by atoms with E-state index in [0.29, 0.717) is 12.8 Å². The molecule has 0 atom stereocenters. The molecule has 0 fully saturated rings. The number of primary amides is 1. The summed E-state index contributed by atoms with van der Waals surface area (Å²) in [5.74, 6) is 0.532. The number of para-hydroxylation sites is 1. The lowest BCUT2D eigenvalue weighted by Gasteiger charge is -2.06. The van der Waals surface area contributed by atoms with Gasteiger partial charge in [-0.05, 0) is 47.9 Å². The summed E-state index contributed by atoms with van der Waals surface area (Å²) in [6.45, 7) is 0. The molecule has 0 aliphatic carbocycles. The van der Waals surface area contributed by atoms with Crippen LogP contribution in [0.15, 0.2) is 48.5 Å². The molecule has 4 nitrogen and oxygen atoms in total. The summed E-state index contributed by atoms with van der Waals surface area (Å²) < 4.78 is 5.20. The van der Waals surface area contributed by atoms with Crippen LogP contribution in [0.1, 0.15) is 12.0 Å². The van der Waals surface area contributed by atoms with Crippen molar-refractivity contribution in [3.63, 3.8) is 0 Å². The van der Waals surface area contributed by atoms with Gasteiger partial charge in [-0.2, -0.15) is 0 Å². The van der Waals surface area contributed by atoms with Crippen molar-refractivity contribution in [1.82, 2.24) is 4.98 Å². The molecule has 0 aliphatic rings. The molecule has 0 unspecified atom stereocenters. The zero-order valence-corrected chi connectivity index (χ0v) is 12.4. The number of hydrogen-bond acceptors (Lipinski definition) is 2. The van der Waals surface area contributed by atoms with E-state index in [2.05, 4.69) is 11.1 Å². The first-order valence-electron chi connectivity index (χ1n) is 7.21. The Kier molecular flexibility index (Phi) is 3.83. The average Bonchev–Trinajstić information content (AvgIpc) is 2.91.